The van der Waals surface area contributed by atoms with Crippen molar-refractivity contribution in [3.63, 3.8) is 0 Å². The lowest BCUT2D eigenvalue weighted by Gasteiger charge is -2.36. The van der Waals surface area contributed by atoms with Crippen molar-refractivity contribution >= 4 is 11.2 Å². The molecule has 0 N–H and O–H groups in total. The minimum atomic E-state index is -0.360. The van der Waals surface area contributed by atoms with E-state index >= 15 is 0 Å². The molecular weight excluding hydrogens is 366 g/mol. The van der Waals surface area contributed by atoms with Crippen LogP contribution in [0.5, 0.6) is 0 Å². The quantitative estimate of drug-likeness (QED) is 0.477. The molecule has 146 valence electrons. The molecule has 0 fully saturated rings. The molecule has 3 aromatic rings. The summed E-state index contributed by atoms with van der Waals surface area (Å²) in [6, 6.07) is 10.6. The molecule has 3 rings (SSSR count). The van der Waals surface area contributed by atoms with E-state index in [0.29, 0.717) is 17.7 Å². The molecule has 0 aliphatic rings. The minimum Gasteiger partial charge on any atom is -1.00 e. The Labute approximate surface area is 164 Å². The van der Waals surface area contributed by atoms with Crippen molar-refractivity contribution in [2.45, 2.75) is 26.1 Å². The van der Waals surface area contributed by atoms with E-state index in [0.717, 1.165) is 15.6 Å². The van der Waals surface area contributed by atoms with Gasteiger partial charge in [0.2, 0.25) is 0 Å². The minimum absolute atomic E-state index is 0. The van der Waals surface area contributed by atoms with Gasteiger partial charge in [-0.1, -0.05) is 30.3 Å². The summed E-state index contributed by atoms with van der Waals surface area (Å²) in [7, 11) is 7.51. The number of likely N-dealkylation sites (N-methyl/N-ethyl adjacent to an activating group) is 1. The molecule has 8 heteroatoms. The predicted octanol–water partition coefficient (Wildman–Crippen LogP) is -1.90. The van der Waals surface area contributed by atoms with Crippen molar-refractivity contribution in [2.24, 2.45) is 14.1 Å². The number of aromatic nitrogens is 4. The molecule has 0 saturated heterocycles. The third kappa shape index (κ3) is 3.84. The molecule has 7 nitrogen and oxygen atoms in total. The second-order valence-corrected chi connectivity index (χ2v) is 7.55. The van der Waals surface area contributed by atoms with Crippen LogP contribution >= 0.6 is 0 Å². The second-order valence-electron chi connectivity index (χ2n) is 7.55. The zero-order valence-electron chi connectivity index (χ0n) is 16.4. The third-order valence-electron chi connectivity index (χ3n) is 5.30. The second kappa shape index (κ2) is 7.70. The molecular formula is C19H26ClN5O2. The molecule has 2 aromatic heterocycles. The SMILES string of the molecule is CC(Cn1cnc2c1c(=O)n(C)c(=O)n2C)[N+](C)(C)Cc1ccccc1.[Cl-]. The molecule has 1 atom stereocenters. The summed E-state index contributed by atoms with van der Waals surface area (Å²) < 4.78 is 5.19. The number of aryl methyl sites for hydroxylation is 1. The van der Waals surface area contributed by atoms with Gasteiger partial charge in [-0.3, -0.25) is 13.9 Å². The van der Waals surface area contributed by atoms with Gasteiger partial charge >= 0.3 is 5.69 Å². The summed E-state index contributed by atoms with van der Waals surface area (Å²) in [5.74, 6) is 0. The molecule has 0 radical (unpaired) electrons. The first kappa shape index (κ1) is 20.9. The fourth-order valence-corrected chi connectivity index (χ4v) is 3.25. The first-order valence-corrected chi connectivity index (χ1v) is 8.70. The van der Waals surface area contributed by atoms with Gasteiger partial charge in [0.05, 0.1) is 27.0 Å². The number of quaternary nitrogens is 1. The average molecular weight is 392 g/mol. The summed E-state index contributed by atoms with van der Waals surface area (Å²) in [6.07, 6.45) is 1.66. The first-order chi connectivity index (χ1) is 12.2. The van der Waals surface area contributed by atoms with Crippen LogP contribution in [0.15, 0.2) is 46.2 Å². The van der Waals surface area contributed by atoms with Crippen LogP contribution in [0.1, 0.15) is 12.5 Å². The van der Waals surface area contributed by atoms with Gasteiger partial charge in [0.25, 0.3) is 5.56 Å². The zero-order valence-corrected chi connectivity index (χ0v) is 17.1. The van der Waals surface area contributed by atoms with E-state index in [9.17, 15) is 9.59 Å². The fraction of sp³-hybridized carbons (Fsp3) is 0.421. The number of rotatable bonds is 5. The Bertz CT molecular complexity index is 1050. The van der Waals surface area contributed by atoms with E-state index in [1.165, 1.54) is 17.2 Å². The van der Waals surface area contributed by atoms with Crippen LogP contribution in [0, 0.1) is 0 Å². The van der Waals surface area contributed by atoms with Crippen LogP contribution in [0.3, 0.4) is 0 Å². The van der Waals surface area contributed by atoms with Gasteiger partial charge in [0, 0.05) is 19.7 Å². The number of fused-ring (bicyclic) bond motifs is 1. The number of hydrogen-bond acceptors (Lipinski definition) is 3. The normalized spacial score (nSPS) is 12.8. The maximum absolute atomic E-state index is 12.6. The number of halogens is 1. The number of benzene rings is 1. The Morgan fingerprint density at radius 3 is 2.33 bits per heavy atom. The van der Waals surface area contributed by atoms with Gasteiger partial charge in [0.15, 0.2) is 11.2 Å². The lowest BCUT2D eigenvalue weighted by molar-refractivity contribution is -0.926. The third-order valence-corrected chi connectivity index (χ3v) is 5.30. The molecule has 0 aliphatic carbocycles. The van der Waals surface area contributed by atoms with Gasteiger partial charge in [-0.05, 0) is 6.92 Å². The van der Waals surface area contributed by atoms with Crippen molar-refractivity contribution in [1.82, 2.24) is 18.7 Å². The van der Waals surface area contributed by atoms with E-state index < -0.39 is 0 Å². The highest BCUT2D eigenvalue weighted by Gasteiger charge is 2.26. The van der Waals surface area contributed by atoms with Crippen molar-refractivity contribution in [1.29, 1.82) is 0 Å². The molecule has 1 unspecified atom stereocenters. The molecule has 0 spiro atoms. The molecule has 0 saturated carbocycles. The highest BCUT2D eigenvalue weighted by molar-refractivity contribution is 5.69. The number of imidazole rings is 1. The van der Waals surface area contributed by atoms with Gasteiger partial charge in [-0.2, -0.15) is 0 Å². The Hall–Kier alpha value is -2.38. The summed E-state index contributed by atoms with van der Waals surface area (Å²) >= 11 is 0. The van der Waals surface area contributed by atoms with Gasteiger partial charge in [-0.25, -0.2) is 9.78 Å². The zero-order chi connectivity index (χ0) is 19.1. The number of hydrogen-bond donors (Lipinski definition) is 0. The maximum Gasteiger partial charge on any atom is 0.332 e. The van der Waals surface area contributed by atoms with Crippen LogP contribution in [0.4, 0.5) is 0 Å². The Kier molecular flexibility index (Phi) is 5.97. The van der Waals surface area contributed by atoms with Crippen molar-refractivity contribution in [2.75, 3.05) is 14.1 Å². The monoisotopic (exact) mass is 391 g/mol. The Morgan fingerprint density at radius 1 is 1.07 bits per heavy atom. The van der Waals surface area contributed by atoms with Crippen LogP contribution in [0.2, 0.25) is 0 Å². The van der Waals surface area contributed by atoms with Crippen LogP contribution in [0.25, 0.3) is 11.2 Å². The summed E-state index contributed by atoms with van der Waals surface area (Å²) in [6.45, 7) is 3.70. The van der Waals surface area contributed by atoms with Gasteiger partial charge in [0.1, 0.15) is 12.6 Å². The molecule has 27 heavy (non-hydrogen) atoms. The van der Waals surface area contributed by atoms with Crippen molar-refractivity contribution in [3.8, 4) is 0 Å². The van der Waals surface area contributed by atoms with Gasteiger partial charge in [-0.15, -0.1) is 0 Å². The molecule has 0 aliphatic heterocycles. The first-order valence-electron chi connectivity index (χ1n) is 8.70. The molecule has 1 aromatic carbocycles. The smallest absolute Gasteiger partial charge is 0.332 e. The highest BCUT2D eigenvalue weighted by atomic mass is 35.5. The van der Waals surface area contributed by atoms with E-state index in [4.69, 9.17) is 0 Å². The Morgan fingerprint density at radius 2 is 1.70 bits per heavy atom. The van der Waals surface area contributed by atoms with Gasteiger partial charge < -0.3 is 21.5 Å². The number of nitrogens with zero attached hydrogens (tertiary/aromatic N) is 5. The topological polar surface area (TPSA) is 61.8 Å². The summed E-state index contributed by atoms with van der Waals surface area (Å²) in [5.41, 5.74) is 1.51. The average Bonchev–Trinajstić information content (AvgIpc) is 3.02. The summed E-state index contributed by atoms with van der Waals surface area (Å²) in [5, 5.41) is 0. The maximum atomic E-state index is 12.6. The van der Waals surface area contributed by atoms with Crippen LogP contribution in [-0.2, 0) is 27.2 Å². The van der Waals surface area contributed by atoms with E-state index in [1.807, 2.05) is 22.8 Å². The predicted molar refractivity (Wildman–Crippen MR) is 102 cm³/mol. The van der Waals surface area contributed by atoms with Crippen LogP contribution < -0.4 is 23.7 Å². The van der Waals surface area contributed by atoms with Crippen LogP contribution in [-0.4, -0.2) is 43.3 Å². The summed E-state index contributed by atoms with van der Waals surface area (Å²) in [4.78, 5) is 29.0. The Balaban J connectivity index is 0.00000261. The lowest BCUT2D eigenvalue weighted by atomic mass is 10.1. The fourth-order valence-electron chi connectivity index (χ4n) is 3.25. The highest BCUT2D eigenvalue weighted by Crippen LogP contribution is 2.17. The van der Waals surface area contributed by atoms with E-state index in [-0.39, 0.29) is 29.7 Å². The molecule has 2 heterocycles. The van der Waals surface area contributed by atoms with E-state index in [1.54, 1.807) is 13.4 Å². The standard InChI is InChI=1S/C19H26N5O2.ClH/c1-14(24(4,5)12-15-9-7-6-8-10-15)11-23-13-20-17-16(23)18(25)22(3)19(26)21(17)2;/h6-10,13-14H,11-12H2,1-5H3;1H/q+1;/p-1. The molecule has 0 bridgehead atoms. The lowest BCUT2D eigenvalue weighted by Crippen LogP contribution is -3.00. The largest absolute Gasteiger partial charge is 1.00 e. The van der Waals surface area contributed by atoms with Crippen molar-refractivity contribution in [3.05, 3.63) is 63.1 Å². The van der Waals surface area contributed by atoms with Crippen molar-refractivity contribution < 1.29 is 16.9 Å². The van der Waals surface area contributed by atoms with E-state index in [2.05, 4.69) is 38.1 Å². The molecule has 0 amide bonds.